The molecule has 7 heteroatoms. The molecule has 0 aliphatic carbocycles. The van der Waals surface area contributed by atoms with Crippen LogP contribution in [0, 0.1) is 22.4 Å². The quantitative estimate of drug-likeness (QED) is 0.376. The molecule has 0 radical (unpaired) electrons. The van der Waals surface area contributed by atoms with Crippen LogP contribution < -0.4 is 5.73 Å². The number of fused-ring (bicyclic) bond motifs is 1. The number of nitro benzene ring substituents is 1. The number of hydrogen-bond donors (Lipinski definition) is 2. The molecule has 2 rings (SSSR count). The Morgan fingerprint density at radius 2 is 2.00 bits per heavy atom. The summed E-state index contributed by atoms with van der Waals surface area (Å²) >= 11 is 0. The van der Waals surface area contributed by atoms with Gasteiger partial charge >= 0.3 is 0 Å². The maximum Gasteiger partial charge on any atom is 0.298 e. The van der Waals surface area contributed by atoms with E-state index in [0.717, 1.165) is 0 Å². The lowest BCUT2D eigenvalue weighted by Crippen LogP contribution is -2.13. The predicted octanol–water partition coefficient (Wildman–Crippen LogP) is 2.16. The van der Waals surface area contributed by atoms with Gasteiger partial charge in [0.05, 0.1) is 4.92 Å². The molecule has 0 saturated heterocycles. The molecule has 0 unspecified atom stereocenters. The largest absolute Gasteiger partial charge is 0.382 e. The van der Waals surface area contributed by atoms with E-state index in [9.17, 15) is 10.1 Å². The van der Waals surface area contributed by atoms with Gasteiger partial charge < -0.3 is 5.73 Å². The zero-order valence-electron chi connectivity index (χ0n) is 9.51. The number of hydrogen-bond acceptors (Lipinski definition) is 4. The minimum Gasteiger partial charge on any atom is -0.382 e. The standard InChI is InChI=1S/C11H10N4O2.ClH/c1-6-2-3-7-4-5-8(11(12)13)14-9(7)10(6)15(16)17;/h2-5H,1H3,(H3,12,13);1H. The van der Waals surface area contributed by atoms with Crippen molar-refractivity contribution in [2.24, 2.45) is 5.73 Å². The summed E-state index contributed by atoms with van der Waals surface area (Å²) in [5, 5.41) is 18.9. The van der Waals surface area contributed by atoms with Crippen molar-refractivity contribution in [2.75, 3.05) is 0 Å². The normalized spacial score (nSPS) is 9.83. The number of benzene rings is 1. The molecule has 94 valence electrons. The number of nitrogen functional groups attached to an aromatic ring is 1. The second-order valence-electron chi connectivity index (χ2n) is 3.67. The lowest BCUT2D eigenvalue weighted by atomic mass is 10.1. The molecule has 0 fully saturated rings. The fraction of sp³-hybridized carbons (Fsp3) is 0.0909. The molecule has 6 nitrogen and oxygen atoms in total. The van der Waals surface area contributed by atoms with Crippen LogP contribution in [0.4, 0.5) is 5.69 Å². The molecule has 0 aliphatic heterocycles. The van der Waals surface area contributed by atoms with Gasteiger partial charge in [0.2, 0.25) is 0 Å². The van der Waals surface area contributed by atoms with E-state index >= 15 is 0 Å². The number of amidine groups is 1. The van der Waals surface area contributed by atoms with Crippen molar-refractivity contribution < 1.29 is 4.92 Å². The van der Waals surface area contributed by atoms with Crippen LogP contribution >= 0.6 is 12.4 Å². The second-order valence-corrected chi connectivity index (χ2v) is 3.67. The van der Waals surface area contributed by atoms with Crippen LogP contribution in [0.2, 0.25) is 0 Å². The third-order valence-corrected chi connectivity index (χ3v) is 2.50. The topological polar surface area (TPSA) is 106 Å². The second kappa shape index (κ2) is 4.97. The molecule has 0 saturated carbocycles. The van der Waals surface area contributed by atoms with Crippen LogP contribution in [0.1, 0.15) is 11.3 Å². The summed E-state index contributed by atoms with van der Waals surface area (Å²) in [4.78, 5) is 14.6. The first-order chi connectivity index (χ1) is 8.00. The average molecular weight is 267 g/mol. The Balaban J connectivity index is 0.00000162. The highest BCUT2D eigenvalue weighted by Gasteiger charge is 2.17. The average Bonchev–Trinajstić information content (AvgIpc) is 2.27. The van der Waals surface area contributed by atoms with Gasteiger partial charge in [-0.1, -0.05) is 18.2 Å². The highest BCUT2D eigenvalue weighted by Crippen LogP contribution is 2.27. The number of nitro groups is 1. The third kappa shape index (κ3) is 2.23. The van der Waals surface area contributed by atoms with Crippen LogP contribution in [-0.4, -0.2) is 15.7 Å². The molecule has 1 aromatic carbocycles. The van der Waals surface area contributed by atoms with Gasteiger partial charge in [0.25, 0.3) is 5.69 Å². The van der Waals surface area contributed by atoms with E-state index in [1.807, 2.05) is 0 Å². The van der Waals surface area contributed by atoms with Crippen LogP contribution in [0.3, 0.4) is 0 Å². The highest BCUT2D eigenvalue weighted by atomic mass is 35.5. The lowest BCUT2D eigenvalue weighted by molar-refractivity contribution is -0.383. The third-order valence-electron chi connectivity index (χ3n) is 2.50. The zero-order chi connectivity index (χ0) is 12.6. The van der Waals surface area contributed by atoms with Gasteiger partial charge in [0, 0.05) is 10.9 Å². The Hall–Kier alpha value is -2.21. The van der Waals surface area contributed by atoms with Crippen LogP contribution in [0.25, 0.3) is 10.9 Å². The first kappa shape index (κ1) is 13.9. The van der Waals surface area contributed by atoms with Crippen LogP contribution in [0.15, 0.2) is 24.3 Å². The molecule has 3 N–H and O–H groups in total. The predicted molar refractivity (Wildman–Crippen MR) is 71.4 cm³/mol. The van der Waals surface area contributed by atoms with E-state index < -0.39 is 4.92 Å². The monoisotopic (exact) mass is 266 g/mol. The van der Waals surface area contributed by atoms with Crippen molar-refractivity contribution >= 4 is 34.8 Å². The molecular formula is C11H11ClN4O2. The number of aryl methyl sites for hydroxylation is 1. The Morgan fingerprint density at radius 1 is 1.39 bits per heavy atom. The molecule has 0 amide bonds. The molecule has 0 bridgehead atoms. The van der Waals surface area contributed by atoms with Gasteiger partial charge in [0.15, 0.2) is 0 Å². The molecule has 1 heterocycles. The van der Waals surface area contributed by atoms with Crippen LogP contribution in [-0.2, 0) is 0 Å². The Morgan fingerprint density at radius 3 is 2.56 bits per heavy atom. The van der Waals surface area contributed by atoms with Crippen molar-refractivity contribution in [1.82, 2.24) is 4.98 Å². The van der Waals surface area contributed by atoms with Crippen LogP contribution in [0.5, 0.6) is 0 Å². The minimum absolute atomic E-state index is 0. The molecule has 18 heavy (non-hydrogen) atoms. The van der Waals surface area contributed by atoms with Gasteiger partial charge in [-0.3, -0.25) is 15.5 Å². The van der Waals surface area contributed by atoms with E-state index in [0.29, 0.717) is 10.9 Å². The van der Waals surface area contributed by atoms with E-state index in [1.165, 1.54) is 0 Å². The summed E-state index contributed by atoms with van der Waals surface area (Å²) in [6, 6.07) is 6.68. The van der Waals surface area contributed by atoms with Crippen molar-refractivity contribution in [3.8, 4) is 0 Å². The van der Waals surface area contributed by atoms with Gasteiger partial charge in [-0.25, -0.2) is 4.98 Å². The lowest BCUT2D eigenvalue weighted by Gasteiger charge is -2.04. The van der Waals surface area contributed by atoms with E-state index in [4.69, 9.17) is 11.1 Å². The number of nitrogens with zero attached hydrogens (tertiary/aromatic N) is 2. The number of halogens is 1. The first-order valence-corrected chi connectivity index (χ1v) is 4.90. The Labute approximate surface area is 109 Å². The summed E-state index contributed by atoms with van der Waals surface area (Å²) in [5.41, 5.74) is 6.33. The molecule has 0 aliphatic rings. The number of nitrogens with two attached hydrogens (primary N) is 1. The highest BCUT2D eigenvalue weighted by molar-refractivity contribution is 5.97. The molecular weight excluding hydrogens is 256 g/mol. The van der Waals surface area contributed by atoms with Gasteiger partial charge in [0.1, 0.15) is 17.0 Å². The summed E-state index contributed by atoms with van der Waals surface area (Å²) in [7, 11) is 0. The van der Waals surface area contributed by atoms with Gasteiger partial charge in [-0.05, 0) is 13.0 Å². The number of nitrogens with one attached hydrogen (secondary N) is 1. The van der Waals surface area contributed by atoms with Crippen molar-refractivity contribution in [1.29, 1.82) is 5.41 Å². The zero-order valence-corrected chi connectivity index (χ0v) is 10.3. The summed E-state index contributed by atoms with van der Waals surface area (Å²) in [6.45, 7) is 1.65. The fourth-order valence-electron chi connectivity index (χ4n) is 1.66. The Bertz CT molecular complexity index is 642. The number of rotatable bonds is 2. The maximum absolute atomic E-state index is 11.0. The minimum atomic E-state index is -0.464. The summed E-state index contributed by atoms with van der Waals surface area (Å²) < 4.78 is 0. The van der Waals surface area contributed by atoms with Gasteiger partial charge in [-0.15, -0.1) is 12.4 Å². The fourth-order valence-corrected chi connectivity index (χ4v) is 1.66. The van der Waals surface area contributed by atoms with Gasteiger partial charge in [-0.2, -0.15) is 0 Å². The number of aromatic nitrogens is 1. The van der Waals surface area contributed by atoms with E-state index in [2.05, 4.69) is 4.98 Å². The SMILES string of the molecule is Cc1ccc2ccc(C(=N)N)nc2c1[N+](=O)[O-].Cl. The molecule has 0 atom stereocenters. The first-order valence-electron chi connectivity index (χ1n) is 4.90. The van der Waals surface area contributed by atoms with Crippen molar-refractivity contribution in [2.45, 2.75) is 6.92 Å². The Kier molecular flexibility index (Phi) is 3.82. The molecule has 1 aromatic heterocycles. The van der Waals surface area contributed by atoms with Crippen molar-refractivity contribution in [3.05, 3.63) is 45.6 Å². The maximum atomic E-state index is 11.0. The van der Waals surface area contributed by atoms with E-state index in [1.54, 1.807) is 31.2 Å². The number of pyridine rings is 1. The van der Waals surface area contributed by atoms with Crippen molar-refractivity contribution in [3.63, 3.8) is 0 Å². The molecule has 0 spiro atoms. The smallest absolute Gasteiger partial charge is 0.298 e. The van der Waals surface area contributed by atoms with E-state index in [-0.39, 0.29) is 35.1 Å². The molecule has 2 aromatic rings. The summed E-state index contributed by atoms with van der Waals surface area (Å²) in [5.74, 6) is -0.206. The summed E-state index contributed by atoms with van der Waals surface area (Å²) in [6.07, 6.45) is 0.